The molecule has 0 spiro atoms. The van der Waals surface area contributed by atoms with E-state index in [9.17, 15) is 9.90 Å². The van der Waals surface area contributed by atoms with Gasteiger partial charge >= 0.3 is 5.97 Å². The molecule has 0 aromatic rings. The largest absolute Gasteiger partial charge is 0.481 e. The van der Waals surface area contributed by atoms with Crippen LogP contribution in [0.15, 0.2) is 0 Å². The molecule has 1 N–H and O–H groups in total. The van der Waals surface area contributed by atoms with Gasteiger partial charge in [0.05, 0.1) is 5.92 Å². The van der Waals surface area contributed by atoms with Crippen LogP contribution in [-0.4, -0.2) is 11.1 Å². The van der Waals surface area contributed by atoms with Gasteiger partial charge < -0.3 is 5.11 Å². The summed E-state index contributed by atoms with van der Waals surface area (Å²) in [4.78, 5) is 12.0. The summed E-state index contributed by atoms with van der Waals surface area (Å²) in [6.45, 7) is 0. The first-order chi connectivity index (χ1) is 16.1. The summed E-state index contributed by atoms with van der Waals surface area (Å²) >= 11 is 0. The second-order valence-electron chi connectivity index (χ2n) is 14.5. The second-order valence-corrected chi connectivity index (χ2v) is 14.5. The number of carbonyl (C=O) groups is 1. The molecule has 7 aliphatic carbocycles. The molecule has 0 heterocycles. The molecule has 7 fully saturated rings. The van der Waals surface area contributed by atoms with E-state index in [0.717, 1.165) is 77.9 Å². The highest BCUT2D eigenvalue weighted by molar-refractivity contribution is 5.70. The van der Waals surface area contributed by atoms with E-state index in [-0.39, 0.29) is 5.92 Å². The van der Waals surface area contributed by atoms with Crippen LogP contribution in [0.3, 0.4) is 0 Å². The first-order valence-corrected chi connectivity index (χ1v) is 15.3. The van der Waals surface area contributed by atoms with Crippen LogP contribution in [0.4, 0.5) is 0 Å². The number of hydrogen-bond donors (Lipinski definition) is 1. The number of aliphatic carboxylic acids is 1. The van der Waals surface area contributed by atoms with E-state index in [0.29, 0.717) is 5.92 Å². The number of carboxylic acid groups (broad SMARTS) is 1. The van der Waals surface area contributed by atoms with E-state index >= 15 is 0 Å². The van der Waals surface area contributed by atoms with Crippen molar-refractivity contribution in [2.75, 3.05) is 0 Å². The molecule has 184 valence electrons. The average Bonchev–Trinajstić information content (AvgIpc) is 2.82. The lowest BCUT2D eigenvalue weighted by molar-refractivity contribution is -0.149. The topological polar surface area (TPSA) is 37.3 Å². The number of carboxylic acids is 1. The van der Waals surface area contributed by atoms with Crippen molar-refractivity contribution in [1.82, 2.24) is 0 Å². The van der Waals surface area contributed by atoms with Crippen molar-refractivity contribution in [2.24, 2.45) is 76.9 Å². The lowest BCUT2D eigenvalue weighted by atomic mass is 9.48. The van der Waals surface area contributed by atoms with Crippen molar-refractivity contribution in [3.05, 3.63) is 0 Å². The zero-order chi connectivity index (χ0) is 22.1. The summed E-state index contributed by atoms with van der Waals surface area (Å²) in [7, 11) is 0. The standard InChI is InChI=1S/C31H48O2/c32-31(33)29-7-3-6-20-10-23-13-26-14-24-11-21-8-18-4-1-2-5-19(18)9-22(21)12-25(24)15-27(26)16-28(23)17-30(20)29/h18-30H,1-17H2,(H,32,33). The lowest BCUT2D eigenvalue weighted by Gasteiger charge is -2.57. The van der Waals surface area contributed by atoms with Crippen LogP contribution in [0.5, 0.6) is 0 Å². The highest BCUT2D eigenvalue weighted by Gasteiger charge is 2.52. The van der Waals surface area contributed by atoms with Crippen LogP contribution < -0.4 is 0 Å². The average molecular weight is 453 g/mol. The molecule has 7 saturated carbocycles. The fourth-order valence-electron chi connectivity index (χ4n) is 11.9. The summed E-state index contributed by atoms with van der Waals surface area (Å²) < 4.78 is 0. The second kappa shape index (κ2) is 8.55. The molecule has 0 aromatic carbocycles. The van der Waals surface area contributed by atoms with Gasteiger partial charge in [-0.25, -0.2) is 0 Å². The van der Waals surface area contributed by atoms with Gasteiger partial charge in [0.25, 0.3) is 0 Å². The molecular formula is C31H48O2. The van der Waals surface area contributed by atoms with Crippen LogP contribution in [-0.2, 0) is 4.79 Å². The Bertz CT molecular complexity index is 745. The van der Waals surface area contributed by atoms with Gasteiger partial charge in [-0.1, -0.05) is 38.5 Å². The molecule has 0 saturated heterocycles. The van der Waals surface area contributed by atoms with E-state index in [1.165, 1.54) is 44.9 Å². The molecule has 33 heavy (non-hydrogen) atoms. The monoisotopic (exact) mass is 452 g/mol. The summed E-state index contributed by atoms with van der Waals surface area (Å²) in [6.07, 6.45) is 24.7. The third kappa shape index (κ3) is 3.83. The van der Waals surface area contributed by atoms with Crippen molar-refractivity contribution in [3.63, 3.8) is 0 Å². The Morgan fingerprint density at radius 2 is 0.788 bits per heavy atom. The quantitative estimate of drug-likeness (QED) is 0.440. The summed E-state index contributed by atoms with van der Waals surface area (Å²) in [5.74, 6) is 11.0. The van der Waals surface area contributed by atoms with Crippen LogP contribution in [0, 0.1) is 76.9 Å². The molecule has 0 aromatic heterocycles. The third-order valence-corrected chi connectivity index (χ3v) is 13.3. The van der Waals surface area contributed by atoms with Crippen molar-refractivity contribution in [3.8, 4) is 0 Å². The minimum Gasteiger partial charge on any atom is -0.481 e. The molecular weight excluding hydrogens is 404 g/mol. The molecule has 7 aliphatic rings. The van der Waals surface area contributed by atoms with E-state index in [1.54, 1.807) is 51.4 Å². The van der Waals surface area contributed by atoms with Gasteiger partial charge in [0.1, 0.15) is 0 Å². The van der Waals surface area contributed by atoms with Crippen molar-refractivity contribution < 1.29 is 9.90 Å². The zero-order valence-electron chi connectivity index (χ0n) is 20.9. The van der Waals surface area contributed by atoms with Crippen molar-refractivity contribution in [1.29, 1.82) is 0 Å². The van der Waals surface area contributed by atoms with E-state index in [1.807, 2.05) is 0 Å². The Kier molecular flexibility index (Phi) is 5.63. The molecule has 2 heteroatoms. The predicted octanol–water partition coefficient (Wildman–Crippen LogP) is 7.81. The van der Waals surface area contributed by atoms with Crippen LogP contribution >= 0.6 is 0 Å². The number of rotatable bonds is 1. The van der Waals surface area contributed by atoms with Crippen molar-refractivity contribution in [2.45, 2.75) is 109 Å². The molecule has 7 rings (SSSR count). The normalized spacial score (nSPS) is 55.6. The predicted molar refractivity (Wildman–Crippen MR) is 131 cm³/mol. The zero-order valence-corrected chi connectivity index (χ0v) is 20.9. The van der Waals surface area contributed by atoms with Gasteiger partial charge in [-0.3, -0.25) is 4.79 Å². The minimum absolute atomic E-state index is 0.0247. The van der Waals surface area contributed by atoms with Gasteiger partial charge in [-0.2, -0.15) is 0 Å². The Labute approximate surface area is 202 Å². The lowest BCUT2D eigenvalue weighted by Crippen LogP contribution is -2.48. The summed E-state index contributed by atoms with van der Waals surface area (Å²) in [6, 6.07) is 0. The maximum atomic E-state index is 12.0. The number of fused-ring (bicyclic) bond motifs is 6. The molecule has 0 bridgehead atoms. The van der Waals surface area contributed by atoms with Crippen LogP contribution in [0.1, 0.15) is 109 Å². The SMILES string of the molecule is O=C(O)C1CCCC2CC3CC4CC5CC6CC7CCCCC7CC6CC5CC4CC3CC21. The van der Waals surface area contributed by atoms with Gasteiger partial charge in [0.15, 0.2) is 0 Å². The molecule has 0 radical (unpaired) electrons. The first kappa shape index (κ1) is 21.7. The highest BCUT2D eigenvalue weighted by Crippen LogP contribution is 2.61. The smallest absolute Gasteiger partial charge is 0.306 e. The Hall–Kier alpha value is -0.530. The molecule has 0 amide bonds. The first-order valence-electron chi connectivity index (χ1n) is 15.3. The maximum absolute atomic E-state index is 12.0. The summed E-state index contributed by atoms with van der Waals surface area (Å²) in [5.41, 5.74) is 0. The molecule has 0 aliphatic heterocycles. The Morgan fingerprint density at radius 3 is 1.24 bits per heavy atom. The highest BCUT2D eigenvalue weighted by atomic mass is 16.4. The third-order valence-electron chi connectivity index (χ3n) is 13.3. The Balaban J connectivity index is 1.03. The Morgan fingerprint density at radius 1 is 0.424 bits per heavy atom. The molecule has 2 nitrogen and oxygen atoms in total. The van der Waals surface area contributed by atoms with E-state index in [4.69, 9.17) is 0 Å². The molecule has 13 atom stereocenters. The molecule has 13 unspecified atom stereocenters. The van der Waals surface area contributed by atoms with Gasteiger partial charge in [-0.15, -0.1) is 0 Å². The summed E-state index contributed by atoms with van der Waals surface area (Å²) in [5, 5.41) is 9.86. The fraction of sp³-hybridized carbons (Fsp3) is 0.968. The van der Waals surface area contributed by atoms with Gasteiger partial charge in [0, 0.05) is 0 Å². The van der Waals surface area contributed by atoms with Crippen LogP contribution in [0.2, 0.25) is 0 Å². The minimum atomic E-state index is -0.484. The number of hydrogen-bond acceptors (Lipinski definition) is 1. The van der Waals surface area contributed by atoms with E-state index < -0.39 is 5.97 Å². The van der Waals surface area contributed by atoms with Gasteiger partial charge in [-0.05, 0) is 142 Å². The van der Waals surface area contributed by atoms with Crippen molar-refractivity contribution >= 4 is 5.97 Å². The van der Waals surface area contributed by atoms with Gasteiger partial charge in [0.2, 0.25) is 0 Å². The van der Waals surface area contributed by atoms with Crippen LogP contribution in [0.25, 0.3) is 0 Å². The van der Waals surface area contributed by atoms with E-state index in [2.05, 4.69) is 0 Å². The fourth-order valence-corrected chi connectivity index (χ4v) is 11.9. The maximum Gasteiger partial charge on any atom is 0.306 e.